The number of amides is 1. The van der Waals surface area contributed by atoms with Gasteiger partial charge in [0.2, 0.25) is 12.7 Å². The summed E-state index contributed by atoms with van der Waals surface area (Å²) in [6, 6.07) is 10.0. The fourth-order valence-corrected chi connectivity index (χ4v) is 3.94. The van der Waals surface area contributed by atoms with E-state index in [1.807, 2.05) is 31.2 Å². The summed E-state index contributed by atoms with van der Waals surface area (Å²) in [5, 5.41) is 3.04. The molecule has 1 saturated carbocycles. The topological polar surface area (TPSA) is 63.9 Å². The monoisotopic (exact) mass is 370 g/mol. The molecule has 0 bridgehead atoms. The Balaban J connectivity index is 1.42. The highest BCUT2D eigenvalue weighted by molar-refractivity contribution is 5.78. The number of carbonyl (C=O) groups excluding carboxylic acids is 1. The molecule has 1 amide bonds. The standard InChI is InChI=1S/C21H26N2O4/c1-15(18-7-4-10-25-18)22-21(24)13-23(17-5-2-3-6-17)12-16-8-9-19-20(11-16)27-14-26-19/h4,7-11,15,17H,2-3,5-6,12-14H2,1H3,(H,22,24). The fraction of sp³-hybridized carbons (Fsp3) is 0.476. The zero-order chi connectivity index (χ0) is 18.6. The molecule has 1 aliphatic carbocycles. The van der Waals surface area contributed by atoms with E-state index in [9.17, 15) is 4.79 Å². The summed E-state index contributed by atoms with van der Waals surface area (Å²) in [4.78, 5) is 14.9. The lowest BCUT2D eigenvalue weighted by atomic mass is 10.1. The fourth-order valence-electron chi connectivity index (χ4n) is 3.94. The molecule has 27 heavy (non-hydrogen) atoms. The molecule has 0 radical (unpaired) electrons. The number of nitrogens with one attached hydrogen (secondary N) is 1. The number of hydrogen-bond acceptors (Lipinski definition) is 5. The van der Waals surface area contributed by atoms with E-state index in [0.29, 0.717) is 12.6 Å². The first kappa shape index (κ1) is 17.9. The molecule has 4 rings (SSSR count). The molecule has 1 aromatic heterocycles. The Morgan fingerprint density at radius 3 is 2.81 bits per heavy atom. The summed E-state index contributed by atoms with van der Waals surface area (Å²) in [6.07, 6.45) is 6.37. The second-order valence-corrected chi connectivity index (χ2v) is 7.34. The van der Waals surface area contributed by atoms with E-state index in [1.165, 1.54) is 12.8 Å². The van der Waals surface area contributed by atoms with E-state index in [2.05, 4.69) is 16.3 Å². The van der Waals surface area contributed by atoms with Gasteiger partial charge in [-0.25, -0.2) is 0 Å². The molecule has 0 spiro atoms. The Kier molecular flexibility index (Phi) is 5.34. The predicted molar refractivity (Wildman–Crippen MR) is 100 cm³/mol. The van der Waals surface area contributed by atoms with Crippen LogP contribution in [0.4, 0.5) is 0 Å². The lowest BCUT2D eigenvalue weighted by Gasteiger charge is -2.28. The number of nitrogens with zero attached hydrogens (tertiary/aromatic N) is 1. The summed E-state index contributed by atoms with van der Waals surface area (Å²) in [5.41, 5.74) is 1.14. The maximum atomic E-state index is 12.7. The van der Waals surface area contributed by atoms with Crippen LogP contribution in [0.1, 0.15) is 50.0 Å². The average molecular weight is 370 g/mol. The third-order valence-corrected chi connectivity index (χ3v) is 5.36. The number of hydrogen-bond donors (Lipinski definition) is 1. The van der Waals surface area contributed by atoms with Crippen LogP contribution in [0.2, 0.25) is 0 Å². The summed E-state index contributed by atoms with van der Waals surface area (Å²) in [5.74, 6) is 2.36. The van der Waals surface area contributed by atoms with E-state index < -0.39 is 0 Å². The smallest absolute Gasteiger partial charge is 0.234 e. The van der Waals surface area contributed by atoms with Crippen LogP contribution in [-0.2, 0) is 11.3 Å². The molecular formula is C21H26N2O4. The van der Waals surface area contributed by atoms with Crippen LogP contribution in [0.5, 0.6) is 11.5 Å². The van der Waals surface area contributed by atoms with Crippen LogP contribution < -0.4 is 14.8 Å². The Bertz CT molecular complexity index is 768. The van der Waals surface area contributed by atoms with Crippen molar-refractivity contribution in [3.05, 3.63) is 47.9 Å². The molecule has 144 valence electrons. The van der Waals surface area contributed by atoms with Gasteiger partial charge in [0.05, 0.1) is 18.8 Å². The van der Waals surface area contributed by atoms with Crippen LogP contribution in [0, 0.1) is 0 Å². The van der Waals surface area contributed by atoms with Crippen molar-refractivity contribution in [3.8, 4) is 11.5 Å². The Morgan fingerprint density at radius 2 is 2.04 bits per heavy atom. The Labute approximate surface area is 159 Å². The lowest BCUT2D eigenvalue weighted by Crippen LogP contribution is -2.42. The predicted octanol–water partition coefficient (Wildman–Crippen LogP) is 3.63. The minimum absolute atomic E-state index is 0.0199. The molecular weight excluding hydrogens is 344 g/mol. The summed E-state index contributed by atoms with van der Waals surface area (Å²) >= 11 is 0. The minimum atomic E-state index is -0.136. The quantitative estimate of drug-likeness (QED) is 0.806. The van der Waals surface area contributed by atoms with Gasteiger partial charge in [0.25, 0.3) is 0 Å². The van der Waals surface area contributed by atoms with E-state index in [0.717, 1.165) is 42.2 Å². The first-order valence-electron chi connectivity index (χ1n) is 9.64. The maximum absolute atomic E-state index is 12.7. The van der Waals surface area contributed by atoms with Gasteiger partial charge in [0.1, 0.15) is 5.76 Å². The SMILES string of the molecule is CC(NC(=O)CN(Cc1ccc2c(c1)OCO2)C1CCCC1)c1ccco1. The van der Waals surface area contributed by atoms with Crippen molar-refractivity contribution >= 4 is 5.91 Å². The first-order chi connectivity index (χ1) is 13.2. The summed E-state index contributed by atoms with van der Waals surface area (Å²) in [6.45, 7) is 3.32. The molecule has 1 aromatic carbocycles. The van der Waals surface area contributed by atoms with Crippen molar-refractivity contribution in [2.75, 3.05) is 13.3 Å². The molecule has 6 nitrogen and oxygen atoms in total. The highest BCUT2D eigenvalue weighted by atomic mass is 16.7. The number of carbonyl (C=O) groups is 1. The highest BCUT2D eigenvalue weighted by Gasteiger charge is 2.26. The molecule has 6 heteroatoms. The van der Waals surface area contributed by atoms with Crippen LogP contribution in [0.3, 0.4) is 0 Å². The molecule has 1 unspecified atom stereocenters. The van der Waals surface area contributed by atoms with Crippen LogP contribution in [0.25, 0.3) is 0 Å². The normalized spacial score (nSPS) is 17.4. The number of fused-ring (bicyclic) bond motifs is 1. The summed E-state index contributed by atoms with van der Waals surface area (Å²) in [7, 11) is 0. The molecule has 1 N–H and O–H groups in total. The maximum Gasteiger partial charge on any atom is 0.234 e. The van der Waals surface area contributed by atoms with Crippen molar-refractivity contribution in [3.63, 3.8) is 0 Å². The van der Waals surface area contributed by atoms with Gasteiger partial charge < -0.3 is 19.2 Å². The molecule has 1 aliphatic heterocycles. The van der Waals surface area contributed by atoms with Crippen LogP contribution >= 0.6 is 0 Å². The van der Waals surface area contributed by atoms with E-state index in [1.54, 1.807) is 6.26 Å². The third-order valence-electron chi connectivity index (χ3n) is 5.36. The average Bonchev–Trinajstić information content (AvgIpc) is 3.42. The van der Waals surface area contributed by atoms with Gasteiger partial charge >= 0.3 is 0 Å². The van der Waals surface area contributed by atoms with Gasteiger partial charge in [-0.05, 0) is 49.6 Å². The van der Waals surface area contributed by atoms with Gasteiger partial charge in [-0.3, -0.25) is 9.69 Å². The third kappa shape index (κ3) is 4.27. The highest BCUT2D eigenvalue weighted by Crippen LogP contribution is 2.33. The molecule has 1 fully saturated rings. The van der Waals surface area contributed by atoms with Gasteiger partial charge in [0, 0.05) is 12.6 Å². The number of rotatable bonds is 7. The number of ether oxygens (including phenoxy) is 2. The van der Waals surface area contributed by atoms with Gasteiger partial charge in [0.15, 0.2) is 11.5 Å². The van der Waals surface area contributed by atoms with Gasteiger partial charge in [-0.15, -0.1) is 0 Å². The lowest BCUT2D eigenvalue weighted by molar-refractivity contribution is -0.123. The second kappa shape index (κ2) is 8.05. The Hall–Kier alpha value is -2.47. The zero-order valence-electron chi connectivity index (χ0n) is 15.6. The zero-order valence-corrected chi connectivity index (χ0v) is 15.6. The van der Waals surface area contributed by atoms with Crippen LogP contribution in [-0.4, -0.2) is 30.2 Å². The van der Waals surface area contributed by atoms with Crippen molar-refractivity contribution in [2.45, 2.75) is 51.2 Å². The van der Waals surface area contributed by atoms with Crippen molar-refractivity contribution in [1.29, 1.82) is 0 Å². The molecule has 1 atom stereocenters. The van der Waals surface area contributed by atoms with Gasteiger partial charge in [-0.2, -0.15) is 0 Å². The van der Waals surface area contributed by atoms with Crippen molar-refractivity contribution in [2.24, 2.45) is 0 Å². The molecule has 2 aromatic rings. The molecule has 2 heterocycles. The number of furan rings is 1. The first-order valence-corrected chi connectivity index (χ1v) is 9.64. The van der Waals surface area contributed by atoms with E-state index in [-0.39, 0.29) is 18.7 Å². The van der Waals surface area contributed by atoms with Crippen molar-refractivity contribution < 1.29 is 18.7 Å². The van der Waals surface area contributed by atoms with Crippen LogP contribution in [0.15, 0.2) is 41.0 Å². The van der Waals surface area contributed by atoms with Crippen molar-refractivity contribution in [1.82, 2.24) is 10.2 Å². The summed E-state index contributed by atoms with van der Waals surface area (Å²) < 4.78 is 16.3. The van der Waals surface area contributed by atoms with E-state index >= 15 is 0 Å². The Morgan fingerprint density at radius 1 is 1.22 bits per heavy atom. The number of benzene rings is 1. The second-order valence-electron chi connectivity index (χ2n) is 7.34. The van der Waals surface area contributed by atoms with E-state index in [4.69, 9.17) is 13.9 Å². The molecule has 0 saturated heterocycles. The van der Waals surface area contributed by atoms with Gasteiger partial charge in [-0.1, -0.05) is 18.9 Å². The largest absolute Gasteiger partial charge is 0.467 e. The minimum Gasteiger partial charge on any atom is -0.467 e. The molecule has 2 aliphatic rings.